The first kappa shape index (κ1) is 20.9. The van der Waals surface area contributed by atoms with Crippen molar-refractivity contribution in [2.75, 3.05) is 13.2 Å². The molecule has 0 bridgehead atoms. The van der Waals surface area contributed by atoms with Gasteiger partial charge in [0.1, 0.15) is 6.23 Å². The Bertz CT molecular complexity index is 184. The van der Waals surface area contributed by atoms with Crippen molar-refractivity contribution < 1.29 is 4.74 Å². The van der Waals surface area contributed by atoms with Crippen LogP contribution in [0, 0.1) is 0 Å². The van der Waals surface area contributed by atoms with Crippen LogP contribution in [0.2, 0.25) is 0 Å². The number of unbranched alkanes of at least 4 members (excludes halogenated alkanes) is 10. The van der Waals surface area contributed by atoms with E-state index in [2.05, 4.69) is 26.1 Å². The molecule has 0 aliphatic rings. The Labute approximate surface area is 134 Å². The van der Waals surface area contributed by atoms with Crippen LogP contribution < -0.4 is 5.32 Å². The molecule has 0 rings (SSSR count). The molecule has 0 radical (unpaired) electrons. The van der Waals surface area contributed by atoms with E-state index < -0.39 is 0 Å². The highest BCUT2D eigenvalue weighted by molar-refractivity contribution is 4.53. The molecule has 0 aliphatic heterocycles. The van der Waals surface area contributed by atoms with Crippen LogP contribution in [0.15, 0.2) is 0 Å². The van der Waals surface area contributed by atoms with Gasteiger partial charge in [0.05, 0.1) is 0 Å². The van der Waals surface area contributed by atoms with Gasteiger partial charge in [-0.3, -0.25) is 5.32 Å². The second-order valence-corrected chi connectivity index (χ2v) is 6.26. The fourth-order valence-corrected chi connectivity index (χ4v) is 2.62. The summed E-state index contributed by atoms with van der Waals surface area (Å²) >= 11 is 0. The Kier molecular flexibility index (Phi) is 17.9. The summed E-state index contributed by atoms with van der Waals surface area (Å²) in [6, 6.07) is 0. The van der Waals surface area contributed by atoms with Crippen molar-refractivity contribution in [3.63, 3.8) is 0 Å². The summed E-state index contributed by atoms with van der Waals surface area (Å²) in [7, 11) is 0. The van der Waals surface area contributed by atoms with E-state index in [0.717, 1.165) is 19.6 Å². The second-order valence-electron chi connectivity index (χ2n) is 6.26. The summed E-state index contributed by atoms with van der Waals surface area (Å²) < 4.78 is 5.86. The van der Waals surface area contributed by atoms with Crippen molar-refractivity contribution in [2.45, 2.75) is 110 Å². The van der Waals surface area contributed by atoms with Crippen molar-refractivity contribution >= 4 is 0 Å². The van der Waals surface area contributed by atoms with Crippen LogP contribution in [0.3, 0.4) is 0 Å². The van der Waals surface area contributed by atoms with E-state index in [1.54, 1.807) is 0 Å². The van der Waals surface area contributed by atoms with Gasteiger partial charge in [-0.1, -0.05) is 85.0 Å². The largest absolute Gasteiger partial charge is 0.363 e. The summed E-state index contributed by atoms with van der Waals surface area (Å²) in [4.78, 5) is 0. The first-order valence-corrected chi connectivity index (χ1v) is 9.70. The lowest BCUT2D eigenvalue weighted by molar-refractivity contribution is 0.0252. The van der Waals surface area contributed by atoms with Gasteiger partial charge in [-0.15, -0.1) is 0 Å². The SMILES string of the molecule is CCCCCCCCCCCCCOC(CC)NCCC. The first-order chi connectivity index (χ1) is 10.3. The molecule has 128 valence electrons. The van der Waals surface area contributed by atoms with Gasteiger partial charge in [0.2, 0.25) is 0 Å². The van der Waals surface area contributed by atoms with Gasteiger partial charge in [-0.25, -0.2) is 0 Å². The van der Waals surface area contributed by atoms with Gasteiger partial charge in [0, 0.05) is 6.61 Å². The Morgan fingerprint density at radius 2 is 1.19 bits per heavy atom. The molecule has 0 saturated carbocycles. The minimum atomic E-state index is 0.271. The Hall–Kier alpha value is -0.0800. The van der Waals surface area contributed by atoms with E-state index in [0.29, 0.717) is 0 Å². The lowest BCUT2D eigenvalue weighted by Crippen LogP contribution is -2.32. The highest BCUT2D eigenvalue weighted by Crippen LogP contribution is 2.11. The molecule has 1 unspecified atom stereocenters. The maximum Gasteiger partial charge on any atom is 0.107 e. The Morgan fingerprint density at radius 1 is 0.667 bits per heavy atom. The summed E-state index contributed by atoms with van der Waals surface area (Å²) in [6.45, 7) is 8.66. The predicted octanol–water partition coefficient (Wildman–Crippen LogP) is 6.05. The fraction of sp³-hybridized carbons (Fsp3) is 1.00. The molecule has 0 spiro atoms. The quantitative estimate of drug-likeness (QED) is 0.261. The molecule has 0 aliphatic carbocycles. The third-order valence-corrected chi connectivity index (χ3v) is 4.06. The van der Waals surface area contributed by atoms with E-state index in [4.69, 9.17) is 4.74 Å². The molecular weight excluding hydrogens is 258 g/mol. The van der Waals surface area contributed by atoms with Crippen molar-refractivity contribution in [1.82, 2.24) is 5.32 Å². The van der Waals surface area contributed by atoms with Gasteiger partial charge in [0.15, 0.2) is 0 Å². The van der Waals surface area contributed by atoms with Gasteiger partial charge >= 0.3 is 0 Å². The van der Waals surface area contributed by atoms with Crippen LogP contribution in [-0.2, 0) is 4.74 Å². The molecule has 1 atom stereocenters. The van der Waals surface area contributed by atoms with Gasteiger partial charge in [-0.05, 0) is 25.8 Å². The van der Waals surface area contributed by atoms with Crippen LogP contribution in [0.1, 0.15) is 104 Å². The van der Waals surface area contributed by atoms with E-state index >= 15 is 0 Å². The molecule has 1 N–H and O–H groups in total. The van der Waals surface area contributed by atoms with E-state index in [9.17, 15) is 0 Å². The first-order valence-electron chi connectivity index (χ1n) is 9.70. The van der Waals surface area contributed by atoms with Crippen molar-refractivity contribution in [3.8, 4) is 0 Å². The second kappa shape index (κ2) is 18.0. The van der Waals surface area contributed by atoms with E-state index in [1.165, 1.54) is 77.0 Å². The summed E-state index contributed by atoms with van der Waals surface area (Å²) in [5, 5.41) is 3.44. The minimum Gasteiger partial charge on any atom is -0.363 e. The average molecular weight is 300 g/mol. The molecule has 2 heteroatoms. The zero-order valence-corrected chi connectivity index (χ0v) is 15.1. The topological polar surface area (TPSA) is 21.3 Å². The molecule has 0 fully saturated rings. The molecule has 2 nitrogen and oxygen atoms in total. The van der Waals surface area contributed by atoms with Crippen LogP contribution in [0.25, 0.3) is 0 Å². The van der Waals surface area contributed by atoms with Crippen molar-refractivity contribution in [3.05, 3.63) is 0 Å². The minimum absolute atomic E-state index is 0.271. The molecule has 0 aromatic rings. The number of hydrogen-bond donors (Lipinski definition) is 1. The summed E-state index contributed by atoms with van der Waals surface area (Å²) in [6.07, 6.45) is 17.9. The van der Waals surface area contributed by atoms with Crippen LogP contribution >= 0.6 is 0 Å². The molecule has 0 saturated heterocycles. The standard InChI is InChI=1S/C19H41NO/c1-4-7-8-9-10-11-12-13-14-15-16-18-21-19(6-3)20-17-5-2/h19-20H,4-18H2,1-3H3. The third kappa shape index (κ3) is 16.1. The molecule has 0 aromatic carbocycles. The lowest BCUT2D eigenvalue weighted by Gasteiger charge is -2.17. The number of nitrogens with one attached hydrogen (secondary N) is 1. The maximum atomic E-state index is 5.86. The van der Waals surface area contributed by atoms with Crippen molar-refractivity contribution in [2.24, 2.45) is 0 Å². The molecule has 0 amide bonds. The van der Waals surface area contributed by atoms with Gasteiger partial charge < -0.3 is 4.74 Å². The van der Waals surface area contributed by atoms with Crippen molar-refractivity contribution in [1.29, 1.82) is 0 Å². The van der Waals surface area contributed by atoms with Gasteiger partial charge in [0.25, 0.3) is 0 Å². The Balaban J connectivity index is 3.14. The third-order valence-electron chi connectivity index (χ3n) is 4.06. The fourth-order valence-electron chi connectivity index (χ4n) is 2.62. The average Bonchev–Trinajstić information content (AvgIpc) is 2.51. The van der Waals surface area contributed by atoms with Crippen LogP contribution in [0.4, 0.5) is 0 Å². The highest BCUT2D eigenvalue weighted by atomic mass is 16.5. The highest BCUT2D eigenvalue weighted by Gasteiger charge is 2.03. The molecule has 0 aromatic heterocycles. The number of ether oxygens (including phenoxy) is 1. The zero-order valence-electron chi connectivity index (χ0n) is 15.1. The van der Waals surface area contributed by atoms with Gasteiger partial charge in [-0.2, -0.15) is 0 Å². The Morgan fingerprint density at radius 3 is 1.67 bits per heavy atom. The zero-order chi connectivity index (χ0) is 15.6. The summed E-state index contributed by atoms with van der Waals surface area (Å²) in [5.74, 6) is 0. The summed E-state index contributed by atoms with van der Waals surface area (Å²) in [5.41, 5.74) is 0. The normalized spacial score (nSPS) is 12.7. The smallest absolute Gasteiger partial charge is 0.107 e. The molecule has 0 heterocycles. The predicted molar refractivity (Wildman–Crippen MR) is 94.8 cm³/mol. The molecular formula is C19H41NO. The van der Waals surface area contributed by atoms with E-state index in [-0.39, 0.29) is 6.23 Å². The molecule has 21 heavy (non-hydrogen) atoms. The lowest BCUT2D eigenvalue weighted by atomic mass is 10.1. The maximum absolute atomic E-state index is 5.86. The number of rotatable bonds is 17. The monoisotopic (exact) mass is 299 g/mol. The van der Waals surface area contributed by atoms with Crippen LogP contribution in [0.5, 0.6) is 0 Å². The number of hydrogen-bond acceptors (Lipinski definition) is 2. The van der Waals surface area contributed by atoms with E-state index in [1.807, 2.05) is 0 Å². The van der Waals surface area contributed by atoms with Crippen LogP contribution in [-0.4, -0.2) is 19.4 Å².